The number of hydrogen-bond acceptors (Lipinski definition) is 3. The van der Waals surface area contributed by atoms with Gasteiger partial charge in [0, 0.05) is 5.92 Å². The number of rotatable bonds is 5. The van der Waals surface area contributed by atoms with Gasteiger partial charge in [0.25, 0.3) is 0 Å². The fraction of sp³-hybridized carbons (Fsp3) is 0.571. The zero-order valence-corrected chi connectivity index (χ0v) is 15.6. The highest BCUT2D eigenvalue weighted by Crippen LogP contribution is 2.47. The average Bonchev–Trinajstić information content (AvgIpc) is 2.99. The zero-order chi connectivity index (χ0) is 18.0. The Balaban J connectivity index is 2.01. The molecule has 1 aromatic carbocycles. The number of nitrogens with zero attached hydrogens (tertiary/aromatic N) is 1. The van der Waals surface area contributed by atoms with Crippen molar-refractivity contribution >= 4 is 0 Å². The summed E-state index contributed by atoms with van der Waals surface area (Å²) in [4.78, 5) is 18.4. The lowest BCUT2D eigenvalue weighted by molar-refractivity contribution is -0.124. The molecular formula is C21H29NO3. The zero-order valence-electron chi connectivity index (χ0n) is 15.6. The molecule has 25 heavy (non-hydrogen) atoms. The summed E-state index contributed by atoms with van der Waals surface area (Å²) in [5.74, 6) is 1.45. The van der Waals surface area contributed by atoms with Gasteiger partial charge in [-0.15, -0.1) is 4.73 Å². The molecule has 4 nitrogen and oxygen atoms in total. The monoisotopic (exact) mass is 343 g/mol. The van der Waals surface area contributed by atoms with E-state index in [2.05, 4.69) is 52.0 Å². The molecule has 1 aliphatic carbocycles. The first-order valence-corrected chi connectivity index (χ1v) is 9.32. The second kappa shape index (κ2) is 7.11. The van der Waals surface area contributed by atoms with Crippen molar-refractivity contribution in [3.05, 3.63) is 58.9 Å². The highest BCUT2D eigenvalue weighted by molar-refractivity contribution is 5.23. The van der Waals surface area contributed by atoms with Gasteiger partial charge in [-0.3, -0.25) is 0 Å². The maximum Gasteiger partial charge on any atom is 0.452 e. The van der Waals surface area contributed by atoms with Crippen LogP contribution in [0, 0.1) is 17.8 Å². The summed E-state index contributed by atoms with van der Waals surface area (Å²) in [5, 5.41) is 0. The predicted molar refractivity (Wildman–Crippen MR) is 98.5 cm³/mol. The molecular weight excluding hydrogens is 314 g/mol. The molecule has 0 amide bonds. The fourth-order valence-electron chi connectivity index (χ4n) is 4.38. The molecule has 0 bridgehead atoms. The van der Waals surface area contributed by atoms with E-state index in [-0.39, 0.29) is 5.92 Å². The molecule has 0 spiro atoms. The van der Waals surface area contributed by atoms with E-state index in [4.69, 9.17) is 9.25 Å². The van der Waals surface area contributed by atoms with Gasteiger partial charge in [-0.25, -0.2) is 4.79 Å². The third kappa shape index (κ3) is 3.68. The van der Waals surface area contributed by atoms with Gasteiger partial charge >= 0.3 is 5.76 Å². The molecule has 1 aliphatic rings. The van der Waals surface area contributed by atoms with E-state index in [1.54, 1.807) is 6.20 Å². The van der Waals surface area contributed by atoms with Gasteiger partial charge < -0.3 is 9.25 Å². The Bertz CT molecular complexity index is 733. The van der Waals surface area contributed by atoms with E-state index in [9.17, 15) is 4.79 Å². The van der Waals surface area contributed by atoms with Gasteiger partial charge in [0.15, 0.2) is 0 Å². The molecule has 1 aromatic heterocycles. The first-order valence-electron chi connectivity index (χ1n) is 9.32. The highest BCUT2D eigenvalue weighted by atomic mass is 16.7. The van der Waals surface area contributed by atoms with E-state index < -0.39 is 11.4 Å². The molecule has 4 atom stereocenters. The first-order chi connectivity index (χ1) is 11.9. The lowest BCUT2D eigenvalue weighted by atomic mass is 9.64. The Morgan fingerprint density at radius 2 is 1.92 bits per heavy atom. The SMILES string of the molecule is CC1CC(C(C)C)CC(On2ccoc2=O)(C(C)c2ccccc2)C1. The van der Waals surface area contributed by atoms with Crippen LogP contribution in [0.15, 0.2) is 52.0 Å². The van der Waals surface area contributed by atoms with Crippen LogP contribution in [-0.4, -0.2) is 10.3 Å². The lowest BCUT2D eigenvalue weighted by Gasteiger charge is -2.47. The summed E-state index contributed by atoms with van der Waals surface area (Å²) in [5.41, 5.74) is 0.831. The number of aromatic nitrogens is 1. The second-order valence-electron chi connectivity index (χ2n) is 8.04. The van der Waals surface area contributed by atoms with Crippen LogP contribution in [0.4, 0.5) is 0 Å². The molecule has 3 rings (SSSR count). The minimum absolute atomic E-state index is 0.180. The maximum atomic E-state index is 12.0. The number of benzene rings is 1. The van der Waals surface area contributed by atoms with Crippen molar-refractivity contribution in [3.63, 3.8) is 0 Å². The fourth-order valence-corrected chi connectivity index (χ4v) is 4.38. The molecule has 0 aliphatic heterocycles. The van der Waals surface area contributed by atoms with E-state index in [1.165, 1.54) is 23.0 Å². The molecule has 2 aromatic rings. The first kappa shape index (κ1) is 17.8. The summed E-state index contributed by atoms with van der Waals surface area (Å²) in [6, 6.07) is 10.5. The molecule has 1 heterocycles. The summed E-state index contributed by atoms with van der Waals surface area (Å²) >= 11 is 0. The summed E-state index contributed by atoms with van der Waals surface area (Å²) < 4.78 is 6.19. The largest absolute Gasteiger partial charge is 0.452 e. The quantitative estimate of drug-likeness (QED) is 0.802. The van der Waals surface area contributed by atoms with E-state index in [0.29, 0.717) is 17.8 Å². The van der Waals surface area contributed by atoms with Crippen LogP contribution in [0.5, 0.6) is 0 Å². The maximum absolute atomic E-state index is 12.0. The van der Waals surface area contributed by atoms with Crippen LogP contribution in [-0.2, 0) is 0 Å². The van der Waals surface area contributed by atoms with Crippen molar-refractivity contribution < 1.29 is 9.25 Å². The van der Waals surface area contributed by atoms with Crippen LogP contribution in [0.25, 0.3) is 0 Å². The molecule has 4 unspecified atom stereocenters. The Hall–Kier alpha value is -1.97. The second-order valence-corrected chi connectivity index (χ2v) is 8.04. The van der Waals surface area contributed by atoms with Crippen LogP contribution in [0.2, 0.25) is 0 Å². The van der Waals surface area contributed by atoms with Crippen molar-refractivity contribution in [1.82, 2.24) is 4.73 Å². The average molecular weight is 343 g/mol. The van der Waals surface area contributed by atoms with Gasteiger partial charge in [0.2, 0.25) is 0 Å². The molecule has 0 radical (unpaired) electrons. The minimum Gasteiger partial charge on any atom is -0.414 e. The number of oxazole rings is 1. The Labute approximate surface area is 149 Å². The van der Waals surface area contributed by atoms with Gasteiger partial charge in [0.1, 0.15) is 11.9 Å². The third-order valence-electron chi connectivity index (χ3n) is 5.86. The standard InChI is InChI=1S/C21H29NO3/c1-15(2)19-12-16(3)13-21(14-19,25-22-10-11-24-20(22)23)17(4)18-8-6-5-7-9-18/h5-11,15-17,19H,12-14H2,1-4H3. The molecule has 4 heteroatoms. The Morgan fingerprint density at radius 3 is 2.52 bits per heavy atom. The van der Waals surface area contributed by atoms with Gasteiger partial charge in [0.05, 0.1) is 6.20 Å². The van der Waals surface area contributed by atoms with Crippen molar-refractivity contribution in [3.8, 4) is 0 Å². The van der Waals surface area contributed by atoms with Crippen molar-refractivity contribution in [1.29, 1.82) is 0 Å². The van der Waals surface area contributed by atoms with E-state index >= 15 is 0 Å². The van der Waals surface area contributed by atoms with E-state index in [1.807, 2.05) is 6.07 Å². The minimum atomic E-state index is -0.459. The number of hydrogen-bond donors (Lipinski definition) is 0. The highest BCUT2D eigenvalue weighted by Gasteiger charge is 2.47. The van der Waals surface area contributed by atoms with Crippen LogP contribution >= 0.6 is 0 Å². The Kier molecular flexibility index (Phi) is 5.07. The molecule has 0 saturated heterocycles. The van der Waals surface area contributed by atoms with E-state index in [0.717, 1.165) is 12.8 Å². The smallest absolute Gasteiger partial charge is 0.414 e. The van der Waals surface area contributed by atoms with Crippen LogP contribution in [0.1, 0.15) is 58.4 Å². The molecule has 0 N–H and O–H groups in total. The van der Waals surface area contributed by atoms with Crippen LogP contribution < -0.4 is 10.6 Å². The molecule has 1 saturated carbocycles. The summed E-state index contributed by atoms with van der Waals surface area (Å²) in [7, 11) is 0. The summed E-state index contributed by atoms with van der Waals surface area (Å²) in [6.07, 6.45) is 6.05. The molecule has 1 fully saturated rings. The lowest BCUT2D eigenvalue weighted by Crippen LogP contribution is -2.52. The Morgan fingerprint density at radius 1 is 1.20 bits per heavy atom. The summed E-state index contributed by atoms with van der Waals surface area (Å²) in [6.45, 7) is 9.08. The van der Waals surface area contributed by atoms with Crippen molar-refractivity contribution in [2.45, 2.75) is 58.5 Å². The normalized spacial score (nSPS) is 28.0. The third-order valence-corrected chi connectivity index (χ3v) is 5.86. The van der Waals surface area contributed by atoms with Gasteiger partial charge in [-0.05, 0) is 42.6 Å². The van der Waals surface area contributed by atoms with Crippen molar-refractivity contribution in [2.24, 2.45) is 17.8 Å². The van der Waals surface area contributed by atoms with Crippen molar-refractivity contribution in [2.75, 3.05) is 0 Å². The molecule has 136 valence electrons. The predicted octanol–water partition coefficient (Wildman–Crippen LogP) is 4.50. The van der Waals surface area contributed by atoms with Gasteiger partial charge in [-0.2, -0.15) is 0 Å². The van der Waals surface area contributed by atoms with Crippen LogP contribution in [0.3, 0.4) is 0 Å². The van der Waals surface area contributed by atoms with Gasteiger partial charge in [-0.1, -0.05) is 58.0 Å². The topological polar surface area (TPSA) is 44.4 Å².